The number of anilines is 1. The fourth-order valence-electron chi connectivity index (χ4n) is 4.69. The molecule has 5 rings (SSSR count). The zero-order valence-corrected chi connectivity index (χ0v) is 20.5. The largest absolute Gasteiger partial charge is 0.408 e. The average Bonchev–Trinajstić information content (AvgIpc) is 3.48. The van der Waals surface area contributed by atoms with Gasteiger partial charge in [0, 0.05) is 42.2 Å². The molecule has 0 bridgehead atoms. The van der Waals surface area contributed by atoms with E-state index >= 15 is 0 Å². The number of hydrogen-bond acceptors (Lipinski definition) is 6. The third-order valence-corrected chi connectivity index (χ3v) is 6.76. The molecule has 3 N–H and O–H groups in total. The van der Waals surface area contributed by atoms with Crippen molar-refractivity contribution in [1.82, 2.24) is 29.9 Å². The molecule has 12 heteroatoms. The summed E-state index contributed by atoms with van der Waals surface area (Å²) in [5.41, 5.74) is 2.65. The van der Waals surface area contributed by atoms with Crippen molar-refractivity contribution in [1.29, 1.82) is 0 Å². The van der Waals surface area contributed by atoms with E-state index in [0.717, 1.165) is 55.7 Å². The van der Waals surface area contributed by atoms with Crippen molar-refractivity contribution in [3.8, 4) is 11.1 Å². The van der Waals surface area contributed by atoms with Crippen LogP contribution >= 0.6 is 0 Å². The van der Waals surface area contributed by atoms with Gasteiger partial charge >= 0.3 is 6.18 Å². The Hall–Kier alpha value is -3.67. The highest BCUT2D eigenvalue weighted by atomic mass is 19.4. The second-order valence-electron chi connectivity index (χ2n) is 9.27. The van der Waals surface area contributed by atoms with Gasteiger partial charge in [0.15, 0.2) is 0 Å². The highest BCUT2D eigenvalue weighted by molar-refractivity contribution is 6.02. The van der Waals surface area contributed by atoms with Gasteiger partial charge in [-0.05, 0) is 57.2 Å². The fourth-order valence-corrected chi connectivity index (χ4v) is 4.69. The smallest absolute Gasteiger partial charge is 0.379 e. The van der Waals surface area contributed by atoms with Gasteiger partial charge in [-0.15, -0.1) is 0 Å². The number of H-pyrrole nitrogens is 1. The van der Waals surface area contributed by atoms with Gasteiger partial charge in [-0.25, -0.2) is 9.50 Å². The SMILES string of the molecule is CCO[C@H]1CC[C@@H](Nc2ncc3c(-c4ccn5ncc(C(=O)N[C@H](C)C(F)(F)F)c5c4)c[nH]c3n2)CC1. The summed E-state index contributed by atoms with van der Waals surface area (Å²) >= 11 is 0. The molecular formula is C25H28F3N7O2. The Kier molecular flexibility index (Phi) is 6.76. The van der Waals surface area contributed by atoms with Crippen molar-refractivity contribution >= 4 is 28.4 Å². The molecule has 0 spiro atoms. The number of ether oxygens (including phenoxy) is 1. The number of carbonyl (C=O) groups is 1. The number of aromatic nitrogens is 5. The quantitative estimate of drug-likeness (QED) is 0.329. The van der Waals surface area contributed by atoms with Crippen molar-refractivity contribution in [3.63, 3.8) is 0 Å². The molecular weight excluding hydrogens is 487 g/mol. The third kappa shape index (κ3) is 5.24. The molecule has 4 aromatic rings. The molecule has 4 aromatic heterocycles. The number of amides is 1. The second-order valence-corrected chi connectivity index (χ2v) is 9.27. The normalized spacial score (nSPS) is 19.3. The van der Waals surface area contributed by atoms with E-state index in [1.54, 1.807) is 24.7 Å². The molecule has 1 amide bonds. The number of hydrogen-bond donors (Lipinski definition) is 3. The third-order valence-electron chi connectivity index (χ3n) is 6.76. The standard InChI is InChI=1S/C25H28F3N7O2/c1-3-37-17-6-4-16(5-7-17)33-24-30-12-19-18(11-29-22(19)34-24)15-8-9-35-21(10-15)20(13-31-35)23(36)32-14(2)25(26,27)28/h8-14,16-17H,3-7H2,1-2H3,(H,32,36)(H2,29,30,33,34)/t14-,16-,17+/m1/s1. The minimum Gasteiger partial charge on any atom is -0.379 e. The van der Waals surface area contributed by atoms with Crippen LogP contribution in [0.15, 0.2) is 36.9 Å². The van der Waals surface area contributed by atoms with Gasteiger partial charge in [0.2, 0.25) is 5.95 Å². The van der Waals surface area contributed by atoms with Gasteiger partial charge < -0.3 is 20.4 Å². The molecule has 37 heavy (non-hydrogen) atoms. The monoisotopic (exact) mass is 515 g/mol. The van der Waals surface area contributed by atoms with Crippen molar-refractivity contribution < 1.29 is 22.7 Å². The second kappa shape index (κ2) is 10.0. The average molecular weight is 516 g/mol. The van der Waals surface area contributed by atoms with Crippen LogP contribution in [0.3, 0.4) is 0 Å². The number of nitrogens with zero attached hydrogens (tertiary/aromatic N) is 4. The summed E-state index contributed by atoms with van der Waals surface area (Å²) in [5.74, 6) is -0.296. The molecule has 0 aliphatic heterocycles. The van der Waals surface area contributed by atoms with Crippen molar-refractivity contribution in [2.24, 2.45) is 0 Å². The maximum atomic E-state index is 12.9. The summed E-state index contributed by atoms with van der Waals surface area (Å²) in [6, 6.07) is 1.83. The van der Waals surface area contributed by atoms with E-state index in [1.165, 1.54) is 10.7 Å². The molecule has 1 fully saturated rings. The molecule has 4 heterocycles. The van der Waals surface area contributed by atoms with E-state index < -0.39 is 18.1 Å². The number of nitrogens with one attached hydrogen (secondary N) is 3. The lowest BCUT2D eigenvalue weighted by molar-refractivity contribution is -0.149. The summed E-state index contributed by atoms with van der Waals surface area (Å²) in [7, 11) is 0. The van der Waals surface area contributed by atoms with E-state index in [4.69, 9.17) is 4.74 Å². The van der Waals surface area contributed by atoms with E-state index in [0.29, 0.717) is 23.2 Å². The number of alkyl halides is 3. The highest BCUT2D eigenvalue weighted by Crippen LogP contribution is 2.30. The van der Waals surface area contributed by atoms with Gasteiger partial charge in [-0.1, -0.05) is 0 Å². The summed E-state index contributed by atoms with van der Waals surface area (Å²) in [4.78, 5) is 24.8. The topological polar surface area (TPSA) is 109 Å². The van der Waals surface area contributed by atoms with Crippen LogP contribution in [-0.2, 0) is 4.74 Å². The number of carbonyl (C=O) groups excluding carboxylic acids is 1. The van der Waals surface area contributed by atoms with Gasteiger partial charge in [0.1, 0.15) is 11.7 Å². The Labute approximate surface area is 210 Å². The zero-order valence-electron chi connectivity index (χ0n) is 20.5. The Morgan fingerprint density at radius 1 is 1.27 bits per heavy atom. The van der Waals surface area contributed by atoms with Gasteiger partial charge in [-0.3, -0.25) is 4.79 Å². The molecule has 196 valence electrons. The van der Waals surface area contributed by atoms with Crippen LogP contribution in [0.25, 0.3) is 27.7 Å². The molecule has 0 saturated heterocycles. The van der Waals surface area contributed by atoms with E-state index in [1.807, 2.05) is 18.3 Å². The van der Waals surface area contributed by atoms with Crippen molar-refractivity contribution in [2.45, 2.75) is 63.9 Å². The minimum absolute atomic E-state index is 0.0552. The molecule has 1 aliphatic carbocycles. The predicted octanol–water partition coefficient (Wildman–Crippen LogP) is 4.71. The maximum Gasteiger partial charge on any atom is 0.408 e. The van der Waals surface area contributed by atoms with E-state index in [-0.39, 0.29) is 11.6 Å². The molecule has 1 atom stereocenters. The molecule has 0 aromatic carbocycles. The van der Waals surface area contributed by atoms with Gasteiger partial charge in [-0.2, -0.15) is 23.3 Å². The predicted molar refractivity (Wildman–Crippen MR) is 132 cm³/mol. The van der Waals surface area contributed by atoms with Crippen molar-refractivity contribution in [3.05, 3.63) is 42.5 Å². The number of rotatable bonds is 7. The van der Waals surface area contributed by atoms with Crippen LogP contribution in [0.4, 0.5) is 19.1 Å². The van der Waals surface area contributed by atoms with Crippen LogP contribution < -0.4 is 10.6 Å². The Morgan fingerprint density at radius 3 is 2.78 bits per heavy atom. The van der Waals surface area contributed by atoms with Crippen LogP contribution in [0.5, 0.6) is 0 Å². The zero-order chi connectivity index (χ0) is 26.2. The maximum absolute atomic E-state index is 12.9. The first-order valence-corrected chi connectivity index (χ1v) is 12.3. The summed E-state index contributed by atoms with van der Waals surface area (Å²) in [5, 5.41) is 10.3. The molecule has 1 saturated carbocycles. The Bertz CT molecular complexity index is 1410. The van der Waals surface area contributed by atoms with Crippen molar-refractivity contribution in [2.75, 3.05) is 11.9 Å². The first kappa shape index (κ1) is 25.0. The highest BCUT2D eigenvalue weighted by Gasteiger charge is 2.37. The minimum atomic E-state index is -4.54. The first-order valence-electron chi connectivity index (χ1n) is 12.3. The number of halogens is 3. The lowest BCUT2D eigenvalue weighted by Gasteiger charge is -2.28. The van der Waals surface area contributed by atoms with Gasteiger partial charge in [0.25, 0.3) is 5.91 Å². The molecule has 9 nitrogen and oxygen atoms in total. The van der Waals surface area contributed by atoms with E-state index in [9.17, 15) is 18.0 Å². The van der Waals surface area contributed by atoms with Crippen LogP contribution in [0.1, 0.15) is 49.9 Å². The number of aromatic amines is 1. The Morgan fingerprint density at radius 2 is 2.05 bits per heavy atom. The summed E-state index contributed by atoms with van der Waals surface area (Å²) in [6.07, 6.45) is 6.23. The number of pyridine rings is 1. The first-order chi connectivity index (χ1) is 17.7. The fraction of sp³-hybridized carbons (Fsp3) is 0.440. The van der Waals surface area contributed by atoms with Gasteiger partial charge in [0.05, 0.1) is 23.4 Å². The Balaban J connectivity index is 1.35. The summed E-state index contributed by atoms with van der Waals surface area (Å²) < 4.78 is 45.9. The molecule has 0 unspecified atom stereocenters. The molecule has 1 aliphatic rings. The lowest BCUT2D eigenvalue weighted by atomic mass is 9.93. The van der Waals surface area contributed by atoms with Crippen LogP contribution in [-0.4, -0.2) is 61.4 Å². The van der Waals surface area contributed by atoms with Crippen LogP contribution in [0, 0.1) is 0 Å². The summed E-state index contributed by atoms with van der Waals surface area (Å²) in [6.45, 7) is 3.65. The lowest BCUT2D eigenvalue weighted by Crippen LogP contribution is -2.43. The van der Waals surface area contributed by atoms with E-state index in [2.05, 4.69) is 25.4 Å². The molecule has 0 radical (unpaired) electrons. The van der Waals surface area contributed by atoms with Crippen LogP contribution in [0.2, 0.25) is 0 Å². The number of fused-ring (bicyclic) bond motifs is 2.